The molecule has 1 saturated carbocycles. The average Bonchev–Trinajstić information content (AvgIpc) is 3.17. The number of hydrogen-bond donors (Lipinski definition) is 1. The summed E-state index contributed by atoms with van der Waals surface area (Å²) in [6.45, 7) is 2.27. The Hall–Kier alpha value is -0.200. The molecule has 2 aliphatic rings. The summed E-state index contributed by atoms with van der Waals surface area (Å²) in [7, 11) is 2.05. The van der Waals surface area contributed by atoms with Crippen LogP contribution in [0.15, 0.2) is 4.52 Å². The second-order valence-electron chi connectivity index (χ2n) is 6.06. The van der Waals surface area contributed by atoms with Crippen molar-refractivity contribution in [2.75, 3.05) is 18.6 Å². The van der Waals surface area contributed by atoms with Crippen LogP contribution in [0, 0.1) is 5.92 Å². The molecule has 0 radical (unpaired) electrons. The number of aromatic nitrogens is 2. The van der Waals surface area contributed by atoms with Crippen molar-refractivity contribution in [2.24, 2.45) is 5.92 Å². The Morgan fingerprint density at radius 3 is 2.76 bits per heavy atom. The third kappa shape index (κ3) is 3.77. The minimum Gasteiger partial charge on any atom is -0.339 e. The first-order valence-electron chi connectivity index (χ1n) is 8.01. The molecule has 21 heavy (non-hydrogen) atoms. The fourth-order valence-corrected chi connectivity index (χ4v) is 6.11. The molecule has 2 heterocycles. The number of hydrogen-bond acceptors (Lipinski definition) is 6. The van der Waals surface area contributed by atoms with Crippen molar-refractivity contribution in [1.29, 1.82) is 0 Å². The normalized spacial score (nSPS) is 28.9. The maximum atomic E-state index is 5.53. The smallest absolute Gasteiger partial charge is 0.228 e. The van der Waals surface area contributed by atoms with Crippen LogP contribution in [0.1, 0.15) is 49.6 Å². The lowest BCUT2D eigenvalue weighted by Crippen LogP contribution is -2.34. The molecule has 3 unspecified atom stereocenters. The molecule has 1 N–H and O–H groups in total. The van der Waals surface area contributed by atoms with E-state index in [-0.39, 0.29) is 0 Å². The van der Waals surface area contributed by atoms with E-state index in [2.05, 4.69) is 24.4 Å². The zero-order chi connectivity index (χ0) is 14.7. The van der Waals surface area contributed by atoms with Gasteiger partial charge in [-0.05, 0) is 25.8 Å². The highest BCUT2D eigenvalue weighted by molar-refractivity contribution is 8.06. The minimum atomic E-state index is 0.390. The Morgan fingerprint density at radius 2 is 2.05 bits per heavy atom. The number of nitrogens with zero attached hydrogens (tertiary/aromatic N) is 2. The third-order valence-corrected chi connectivity index (χ3v) is 7.75. The van der Waals surface area contributed by atoms with Gasteiger partial charge in [0.05, 0.1) is 5.25 Å². The predicted molar refractivity (Wildman–Crippen MR) is 89.9 cm³/mol. The third-order valence-electron chi connectivity index (χ3n) is 4.66. The summed E-state index contributed by atoms with van der Waals surface area (Å²) in [5.41, 5.74) is 0. The van der Waals surface area contributed by atoms with Crippen molar-refractivity contribution >= 4 is 23.5 Å². The van der Waals surface area contributed by atoms with Crippen LogP contribution in [-0.4, -0.2) is 40.0 Å². The van der Waals surface area contributed by atoms with Gasteiger partial charge in [0.15, 0.2) is 5.82 Å². The SMILES string of the molecule is CNC(Cc1nc(C2SCCSC2C)no1)C1CCCC1. The lowest BCUT2D eigenvalue weighted by atomic mass is 9.95. The molecule has 1 aliphatic heterocycles. The Bertz CT molecular complexity index is 448. The van der Waals surface area contributed by atoms with Crippen molar-refractivity contribution in [1.82, 2.24) is 15.5 Å². The van der Waals surface area contributed by atoms with Crippen LogP contribution in [-0.2, 0) is 6.42 Å². The van der Waals surface area contributed by atoms with Gasteiger partial charge in [-0.25, -0.2) is 0 Å². The van der Waals surface area contributed by atoms with E-state index >= 15 is 0 Å². The molecule has 1 saturated heterocycles. The summed E-state index contributed by atoms with van der Waals surface area (Å²) in [6, 6.07) is 0.478. The molecule has 3 atom stereocenters. The van der Waals surface area contributed by atoms with E-state index in [0.29, 0.717) is 16.5 Å². The van der Waals surface area contributed by atoms with Gasteiger partial charge >= 0.3 is 0 Å². The molecule has 0 spiro atoms. The second kappa shape index (κ2) is 7.38. The van der Waals surface area contributed by atoms with E-state index in [1.54, 1.807) is 0 Å². The number of thioether (sulfide) groups is 2. The zero-order valence-corrected chi connectivity index (χ0v) is 14.5. The quantitative estimate of drug-likeness (QED) is 0.895. The van der Waals surface area contributed by atoms with Gasteiger partial charge in [-0.2, -0.15) is 16.7 Å². The molecule has 4 nitrogen and oxygen atoms in total. The van der Waals surface area contributed by atoms with Gasteiger partial charge in [0.1, 0.15) is 0 Å². The highest BCUT2D eigenvalue weighted by Crippen LogP contribution is 2.41. The molecule has 3 rings (SSSR count). The van der Waals surface area contributed by atoms with Crippen LogP contribution < -0.4 is 5.32 Å². The van der Waals surface area contributed by atoms with Crippen LogP contribution >= 0.6 is 23.5 Å². The van der Waals surface area contributed by atoms with E-state index in [4.69, 9.17) is 9.51 Å². The van der Waals surface area contributed by atoms with Crippen LogP contribution in [0.5, 0.6) is 0 Å². The van der Waals surface area contributed by atoms with Gasteiger partial charge in [-0.15, -0.1) is 11.8 Å². The van der Waals surface area contributed by atoms with Gasteiger partial charge in [0.25, 0.3) is 0 Å². The first kappa shape index (κ1) is 15.7. The van der Waals surface area contributed by atoms with E-state index in [0.717, 1.165) is 24.1 Å². The van der Waals surface area contributed by atoms with E-state index < -0.39 is 0 Å². The minimum absolute atomic E-state index is 0.390. The predicted octanol–water partition coefficient (Wildman–Crippen LogP) is 3.30. The van der Waals surface area contributed by atoms with Gasteiger partial charge in [0.2, 0.25) is 5.89 Å². The van der Waals surface area contributed by atoms with Crippen LogP contribution in [0.2, 0.25) is 0 Å². The maximum absolute atomic E-state index is 5.53. The fourth-order valence-electron chi connectivity index (χ4n) is 3.44. The number of nitrogens with one attached hydrogen (secondary N) is 1. The van der Waals surface area contributed by atoms with Crippen molar-refractivity contribution in [3.63, 3.8) is 0 Å². The Morgan fingerprint density at radius 1 is 1.29 bits per heavy atom. The molecule has 1 aromatic heterocycles. The Balaban J connectivity index is 1.63. The molecular formula is C15H25N3OS2. The standard InChI is InChI=1S/C15H25N3OS2/c1-10-14(21-8-7-20-10)15-17-13(19-18-15)9-12(16-2)11-5-3-4-6-11/h10-12,14,16H,3-9H2,1-2H3. The van der Waals surface area contributed by atoms with Gasteiger partial charge in [-0.1, -0.05) is 24.9 Å². The van der Waals surface area contributed by atoms with Gasteiger partial charge in [-0.3, -0.25) is 0 Å². The summed E-state index contributed by atoms with van der Waals surface area (Å²) in [5.74, 6) is 4.89. The summed E-state index contributed by atoms with van der Waals surface area (Å²) in [5, 5.41) is 8.67. The van der Waals surface area contributed by atoms with Crippen molar-refractivity contribution < 1.29 is 4.52 Å². The number of rotatable bonds is 5. The zero-order valence-electron chi connectivity index (χ0n) is 12.9. The first-order valence-corrected chi connectivity index (χ1v) is 10.1. The molecule has 1 aliphatic carbocycles. The van der Waals surface area contributed by atoms with E-state index in [1.807, 2.05) is 23.5 Å². The molecule has 1 aromatic rings. The summed E-state index contributed by atoms with van der Waals surface area (Å²) in [4.78, 5) is 4.69. The Labute approximate surface area is 135 Å². The first-order chi connectivity index (χ1) is 10.3. The highest BCUT2D eigenvalue weighted by Gasteiger charge is 2.30. The van der Waals surface area contributed by atoms with Crippen LogP contribution in [0.3, 0.4) is 0 Å². The lowest BCUT2D eigenvalue weighted by molar-refractivity contribution is 0.317. The molecular weight excluding hydrogens is 302 g/mol. The molecule has 0 aromatic carbocycles. The highest BCUT2D eigenvalue weighted by atomic mass is 32.2. The van der Waals surface area contributed by atoms with Crippen LogP contribution in [0.4, 0.5) is 0 Å². The largest absolute Gasteiger partial charge is 0.339 e. The second-order valence-corrected chi connectivity index (χ2v) is 8.79. The van der Waals surface area contributed by atoms with Crippen molar-refractivity contribution in [3.05, 3.63) is 11.7 Å². The van der Waals surface area contributed by atoms with Gasteiger partial charge < -0.3 is 9.84 Å². The maximum Gasteiger partial charge on any atom is 0.228 e. The molecule has 0 amide bonds. The summed E-state index contributed by atoms with van der Waals surface area (Å²) < 4.78 is 5.53. The Kier molecular flexibility index (Phi) is 5.51. The summed E-state index contributed by atoms with van der Waals surface area (Å²) in [6.07, 6.45) is 6.27. The monoisotopic (exact) mass is 327 g/mol. The molecule has 2 fully saturated rings. The molecule has 6 heteroatoms. The topological polar surface area (TPSA) is 51.0 Å². The molecule has 0 bridgehead atoms. The number of likely N-dealkylation sites (N-methyl/N-ethyl adjacent to an activating group) is 1. The van der Waals surface area contributed by atoms with Gasteiger partial charge in [0, 0.05) is 29.2 Å². The van der Waals surface area contributed by atoms with Crippen LogP contribution in [0.25, 0.3) is 0 Å². The van der Waals surface area contributed by atoms with Crippen molar-refractivity contribution in [2.45, 2.75) is 55.6 Å². The van der Waals surface area contributed by atoms with Crippen molar-refractivity contribution in [3.8, 4) is 0 Å². The summed E-state index contributed by atoms with van der Waals surface area (Å²) >= 11 is 3.98. The fraction of sp³-hybridized carbons (Fsp3) is 0.867. The lowest BCUT2D eigenvalue weighted by Gasteiger charge is -2.24. The molecule has 118 valence electrons. The van der Waals surface area contributed by atoms with E-state index in [1.165, 1.54) is 37.2 Å². The average molecular weight is 328 g/mol. The van der Waals surface area contributed by atoms with E-state index in [9.17, 15) is 0 Å².